The van der Waals surface area contributed by atoms with Gasteiger partial charge in [-0.2, -0.15) is 0 Å². The topological polar surface area (TPSA) is 24.9 Å². The summed E-state index contributed by atoms with van der Waals surface area (Å²) in [7, 11) is 0. The Hall–Kier alpha value is -0.890. The third-order valence-corrected chi connectivity index (χ3v) is 3.78. The maximum Gasteiger partial charge on any atom is 0.0372 e. The lowest BCUT2D eigenvalue weighted by Crippen LogP contribution is -2.26. The van der Waals surface area contributed by atoms with Gasteiger partial charge in [-0.25, -0.2) is 0 Å². The lowest BCUT2D eigenvalue weighted by atomic mass is 9.82. The van der Waals surface area contributed by atoms with E-state index in [9.17, 15) is 0 Å². The predicted molar refractivity (Wildman–Crippen MR) is 71.8 cm³/mol. The molecule has 2 atom stereocenters. The Morgan fingerprint density at radius 3 is 2.94 bits per heavy atom. The second-order valence-corrected chi connectivity index (χ2v) is 5.58. The van der Waals surface area contributed by atoms with Crippen molar-refractivity contribution in [3.05, 3.63) is 29.6 Å². The van der Waals surface area contributed by atoms with Crippen molar-refractivity contribution in [1.29, 1.82) is 0 Å². The van der Waals surface area contributed by atoms with Crippen LogP contribution in [0.3, 0.4) is 0 Å². The number of rotatable bonds is 4. The van der Waals surface area contributed by atoms with Crippen LogP contribution in [-0.4, -0.2) is 11.5 Å². The number of nitrogens with zero attached hydrogens (tertiary/aromatic N) is 1. The molecule has 0 radical (unpaired) electrons. The van der Waals surface area contributed by atoms with E-state index in [1.165, 1.54) is 31.2 Å². The highest BCUT2D eigenvalue weighted by Crippen LogP contribution is 2.27. The molecule has 94 valence electrons. The summed E-state index contributed by atoms with van der Waals surface area (Å²) in [6.45, 7) is 6.53. The molecule has 2 rings (SSSR count). The molecule has 0 aromatic carbocycles. The van der Waals surface area contributed by atoms with Gasteiger partial charge in [0.2, 0.25) is 0 Å². The summed E-state index contributed by atoms with van der Waals surface area (Å²) in [4.78, 5) is 4.32. The van der Waals surface area contributed by atoms with E-state index in [0.29, 0.717) is 0 Å². The zero-order valence-electron chi connectivity index (χ0n) is 11.1. The van der Waals surface area contributed by atoms with Crippen LogP contribution in [0.15, 0.2) is 18.3 Å². The van der Waals surface area contributed by atoms with Crippen LogP contribution in [0, 0.1) is 18.8 Å². The molecule has 0 saturated heterocycles. The van der Waals surface area contributed by atoms with Crippen molar-refractivity contribution >= 4 is 0 Å². The number of pyridine rings is 1. The standard InChI is InChI=1S/C15H24N2/c1-12-4-3-5-14(8-12)9-16-10-15-7-6-13(2)17-11-15/h6-7,11-12,14,16H,3-5,8-10H2,1-2H3. The highest BCUT2D eigenvalue weighted by Gasteiger charge is 2.18. The smallest absolute Gasteiger partial charge is 0.0372 e. The minimum absolute atomic E-state index is 0.886. The molecule has 2 nitrogen and oxygen atoms in total. The second kappa shape index (κ2) is 6.15. The third-order valence-electron chi connectivity index (χ3n) is 3.78. The van der Waals surface area contributed by atoms with Crippen molar-refractivity contribution in [2.45, 2.75) is 46.1 Å². The average molecular weight is 232 g/mol. The van der Waals surface area contributed by atoms with E-state index < -0.39 is 0 Å². The normalized spacial score (nSPS) is 24.8. The molecule has 2 heteroatoms. The Balaban J connectivity index is 1.70. The zero-order valence-corrected chi connectivity index (χ0v) is 11.1. The van der Waals surface area contributed by atoms with Gasteiger partial charge in [-0.3, -0.25) is 4.98 Å². The molecule has 1 N–H and O–H groups in total. The van der Waals surface area contributed by atoms with Crippen LogP contribution in [0.25, 0.3) is 0 Å². The molecule has 1 heterocycles. The third kappa shape index (κ3) is 4.12. The van der Waals surface area contributed by atoms with Crippen molar-refractivity contribution in [1.82, 2.24) is 10.3 Å². The largest absolute Gasteiger partial charge is 0.312 e. The van der Waals surface area contributed by atoms with Gasteiger partial charge in [0.15, 0.2) is 0 Å². The van der Waals surface area contributed by atoms with Crippen molar-refractivity contribution < 1.29 is 0 Å². The van der Waals surface area contributed by atoms with Crippen molar-refractivity contribution in [2.75, 3.05) is 6.54 Å². The number of nitrogens with one attached hydrogen (secondary N) is 1. The Morgan fingerprint density at radius 1 is 1.35 bits per heavy atom. The van der Waals surface area contributed by atoms with Gasteiger partial charge in [-0.05, 0) is 49.8 Å². The van der Waals surface area contributed by atoms with E-state index in [4.69, 9.17) is 0 Å². The molecule has 1 aliphatic carbocycles. The molecule has 1 aromatic rings. The van der Waals surface area contributed by atoms with Crippen molar-refractivity contribution in [3.63, 3.8) is 0 Å². The van der Waals surface area contributed by atoms with E-state index in [2.05, 4.69) is 29.4 Å². The number of hydrogen-bond donors (Lipinski definition) is 1. The van der Waals surface area contributed by atoms with Crippen LogP contribution >= 0.6 is 0 Å². The average Bonchev–Trinajstić information content (AvgIpc) is 2.32. The number of aromatic nitrogens is 1. The lowest BCUT2D eigenvalue weighted by molar-refractivity contribution is 0.274. The van der Waals surface area contributed by atoms with E-state index in [0.717, 1.165) is 30.6 Å². The first-order chi connectivity index (χ1) is 8.24. The highest BCUT2D eigenvalue weighted by molar-refractivity contribution is 5.12. The molecule has 0 aliphatic heterocycles. The van der Waals surface area contributed by atoms with Crippen LogP contribution in [0.2, 0.25) is 0 Å². The van der Waals surface area contributed by atoms with Gasteiger partial charge in [0, 0.05) is 18.4 Å². The quantitative estimate of drug-likeness (QED) is 0.861. The number of aryl methyl sites for hydroxylation is 1. The first-order valence-electron chi connectivity index (χ1n) is 6.86. The molecule has 17 heavy (non-hydrogen) atoms. The predicted octanol–water partition coefficient (Wildman–Crippen LogP) is 3.31. The van der Waals surface area contributed by atoms with Crippen molar-refractivity contribution in [3.8, 4) is 0 Å². The Morgan fingerprint density at radius 2 is 2.24 bits per heavy atom. The molecule has 0 spiro atoms. The molecule has 1 aromatic heterocycles. The van der Waals surface area contributed by atoms with Gasteiger partial charge in [-0.1, -0.05) is 25.8 Å². The fourth-order valence-corrected chi connectivity index (χ4v) is 2.77. The fraction of sp³-hybridized carbons (Fsp3) is 0.667. The van der Waals surface area contributed by atoms with Crippen LogP contribution in [-0.2, 0) is 6.54 Å². The first-order valence-corrected chi connectivity index (χ1v) is 6.86. The zero-order chi connectivity index (χ0) is 12.1. The summed E-state index contributed by atoms with van der Waals surface area (Å²) in [5, 5.41) is 3.57. The van der Waals surface area contributed by atoms with Gasteiger partial charge in [0.05, 0.1) is 0 Å². The summed E-state index contributed by atoms with van der Waals surface area (Å²) in [6, 6.07) is 4.25. The highest BCUT2D eigenvalue weighted by atomic mass is 14.9. The monoisotopic (exact) mass is 232 g/mol. The second-order valence-electron chi connectivity index (χ2n) is 5.58. The van der Waals surface area contributed by atoms with Gasteiger partial charge in [-0.15, -0.1) is 0 Å². The van der Waals surface area contributed by atoms with Crippen LogP contribution in [0.4, 0.5) is 0 Å². The van der Waals surface area contributed by atoms with Crippen LogP contribution in [0.5, 0.6) is 0 Å². The Labute approximate surface area is 105 Å². The van der Waals surface area contributed by atoms with Gasteiger partial charge in [0.1, 0.15) is 0 Å². The summed E-state index contributed by atoms with van der Waals surface area (Å²) in [5.74, 6) is 1.81. The Bertz CT molecular complexity index is 331. The summed E-state index contributed by atoms with van der Waals surface area (Å²) in [6.07, 6.45) is 7.63. The van der Waals surface area contributed by atoms with Gasteiger partial charge in [0.25, 0.3) is 0 Å². The van der Waals surface area contributed by atoms with E-state index >= 15 is 0 Å². The molecule has 1 saturated carbocycles. The molecular weight excluding hydrogens is 208 g/mol. The first kappa shape index (κ1) is 12.6. The summed E-state index contributed by atoms with van der Waals surface area (Å²) >= 11 is 0. The molecule has 1 fully saturated rings. The fourth-order valence-electron chi connectivity index (χ4n) is 2.77. The van der Waals surface area contributed by atoms with Crippen LogP contribution < -0.4 is 5.32 Å². The Kier molecular flexibility index (Phi) is 4.55. The SMILES string of the molecule is Cc1ccc(CNCC2CCCC(C)C2)cn1. The van der Waals surface area contributed by atoms with E-state index in [1.54, 1.807) is 0 Å². The molecular formula is C15H24N2. The number of hydrogen-bond acceptors (Lipinski definition) is 2. The maximum atomic E-state index is 4.32. The molecule has 0 bridgehead atoms. The molecule has 0 amide bonds. The molecule has 1 aliphatic rings. The molecule has 2 unspecified atom stereocenters. The lowest BCUT2D eigenvalue weighted by Gasteiger charge is -2.26. The minimum Gasteiger partial charge on any atom is -0.312 e. The van der Waals surface area contributed by atoms with E-state index in [-0.39, 0.29) is 0 Å². The van der Waals surface area contributed by atoms with E-state index in [1.807, 2.05) is 13.1 Å². The minimum atomic E-state index is 0.886. The van der Waals surface area contributed by atoms with Crippen LogP contribution in [0.1, 0.15) is 43.9 Å². The maximum absolute atomic E-state index is 4.32. The van der Waals surface area contributed by atoms with Gasteiger partial charge < -0.3 is 5.32 Å². The van der Waals surface area contributed by atoms with Crippen molar-refractivity contribution in [2.24, 2.45) is 11.8 Å². The summed E-state index contributed by atoms with van der Waals surface area (Å²) < 4.78 is 0. The summed E-state index contributed by atoms with van der Waals surface area (Å²) in [5.41, 5.74) is 2.38. The van der Waals surface area contributed by atoms with Gasteiger partial charge >= 0.3 is 0 Å².